The molecule has 0 rings (SSSR count). The number of likely N-dealkylation sites (N-methyl/N-ethyl adjacent to an activating group) is 1. The van der Waals surface area contributed by atoms with Crippen molar-refractivity contribution < 1.29 is 9.59 Å². The van der Waals surface area contributed by atoms with E-state index in [1.807, 2.05) is 0 Å². The zero-order chi connectivity index (χ0) is 9.40. The van der Waals surface area contributed by atoms with Crippen LogP contribution in [0.5, 0.6) is 0 Å². The number of hydrogen-bond acceptors (Lipinski definition) is 4. The summed E-state index contributed by atoms with van der Waals surface area (Å²) in [6.07, 6.45) is 0.814. The lowest BCUT2D eigenvalue weighted by molar-refractivity contribution is -0.107. The van der Waals surface area contributed by atoms with Crippen LogP contribution in [0.1, 0.15) is 0 Å². The Morgan fingerprint density at radius 2 is 2.42 bits per heavy atom. The van der Waals surface area contributed by atoms with Gasteiger partial charge in [-0.05, 0) is 7.05 Å². The molecule has 0 aromatic rings. The molecule has 70 valence electrons. The van der Waals surface area contributed by atoms with Crippen LogP contribution in [-0.2, 0) is 4.79 Å². The van der Waals surface area contributed by atoms with Crippen LogP contribution in [0.2, 0.25) is 0 Å². The third kappa shape index (κ3) is 5.99. The lowest BCUT2D eigenvalue weighted by Gasteiger charge is -2.07. The smallest absolute Gasteiger partial charge is 0.312 e. The molecule has 0 aromatic carbocycles. The summed E-state index contributed by atoms with van der Waals surface area (Å²) in [7, 11) is 1.70. The van der Waals surface area contributed by atoms with Gasteiger partial charge in [0.2, 0.25) is 0 Å². The molecular weight excluding hydrogens is 178 g/mol. The number of nitrogens with two attached hydrogens (primary N) is 1. The topological polar surface area (TPSA) is 84.2 Å². The van der Waals surface area contributed by atoms with E-state index in [0.29, 0.717) is 12.3 Å². The maximum absolute atomic E-state index is 10.3. The molecule has 0 aliphatic rings. The minimum absolute atomic E-state index is 0.209. The summed E-state index contributed by atoms with van der Waals surface area (Å²) < 4.78 is 0. The van der Waals surface area contributed by atoms with Crippen molar-refractivity contribution in [1.82, 2.24) is 10.6 Å². The van der Waals surface area contributed by atoms with Crippen molar-refractivity contribution in [2.45, 2.75) is 5.37 Å². The minimum Gasteiger partial charge on any atom is -0.352 e. The third-order valence-electron chi connectivity index (χ3n) is 1.11. The Morgan fingerprint density at radius 1 is 1.75 bits per heavy atom. The second-order valence-electron chi connectivity index (χ2n) is 2.01. The van der Waals surface area contributed by atoms with Gasteiger partial charge in [0.1, 0.15) is 11.7 Å². The van der Waals surface area contributed by atoms with Crippen LogP contribution in [0.3, 0.4) is 0 Å². The molecule has 0 heterocycles. The van der Waals surface area contributed by atoms with E-state index < -0.39 is 6.03 Å². The molecular formula is C6H13N3O2S. The summed E-state index contributed by atoms with van der Waals surface area (Å²) in [5, 5.41) is 5.01. The first kappa shape index (κ1) is 11.2. The van der Waals surface area contributed by atoms with Gasteiger partial charge in [-0.15, -0.1) is 11.8 Å². The number of carbonyl (C=O) groups excluding carboxylic acids is 2. The maximum Gasteiger partial charge on any atom is 0.312 e. The molecule has 5 nitrogen and oxygen atoms in total. The lowest BCUT2D eigenvalue weighted by Crippen LogP contribution is -2.32. The average Bonchev–Trinajstić information content (AvgIpc) is 2.04. The summed E-state index contributed by atoms with van der Waals surface area (Å²) >= 11 is 1.41. The van der Waals surface area contributed by atoms with Crippen LogP contribution in [0.4, 0.5) is 4.79 Å². The van der Waals surface area contributed by atoms with Gasteiger partial charge in [-0.3, -0.25) is 0 Å². The molecule has 6 heteroatoms. The van der Waals surface area contributed by atoms with Crippen molar-refractivity contribution in [3.05, 3.63) is 0 Å². The molecule has 0 saturated carbocycles. The number of aldehydes is 1. The molecule has 0 aromatic heterocycles. The molecule has 0 aliphatic heterocycles. The molecule has 12 heavy (non-hydrogen) atoms. The Kier molecular flexibility index (Phi) is 6.50. The molecule has 4 N–H and O–H groups in total. The van der Waals surface area contributed by atoms with Crippen molar-refractivity contribution in [3.8, 4) is 0 Å². The molecule has 0 fully saturated rings. The highest BCUT2D eigenvalue weighted by Crippen LogP contribution is 2.02. The van der Waals surface area contributed by atoms with Crippen molar-refractivity contribution in [3.63, 3.8) is 0 Å². The number of nitrogens with one attached hydrogen (secondary N) is 2. The summed E-state index contributed by atoms with van der Waals surface area (Å²) in [6.45, 7) is 0.478. The Balaban J connectivity index is 3.29. The Morgan fingerprint density at radius 3 is 2.83 bits per heavy atom. The number of urea groups is 1. The van der Waals surface area contributed by atoms with Crippen LogP contribution in [-0.4, -0.2) is 37.0 Å². The molecule has 0 aliphatic carbocycles. The van der Waals surface area contributed by atoms with E-state index in [4.69, 9.17) is 5.73 Å². The van der Waals surface area contributed by atoms with Gasteiger partial charge in [0, 0.05) is 12.3 Å². The fourth-order valence-electron chi connectivity index (χ4n) is 0.551. The Labute approximate surface area is 75.4 Å². The highest BCUT2D eigenvalue weighted by atomic mass is 32.2. The molecule has 0 spiro atoms. The molecule has 1 atom stereocenters. The SMILES string of the molecule is CNC(C=O)SCCNC(N)=O. The fourth-order valence-corrected chi connectivity index (χ4v) is 1.27. The quantitative estimate of drug-likeness (QED) is 0.289. The molecule has 0 radical (unpaired) electrons. The summed E-state index contributed by atoms with van der Waals surface area (Å²) in [5.41, 5.74) is 4.83. The molecule has 1 unspecified atom stereocenters. The van der Waals surface area contributed by atoms with E-state index in [9.17, 15) is 9.59 Å². The van der Waals surface area contributed by atoms with Crippen LogP contribution >= 0.6 is 11.8 Å². The van der Waals surface area contributed by atoms with E-state index in [1.54, 1.807) is 7.05 Å². The van der Waals surface area contributed by atoms with Crippen molar-refractivity contribution >= 4 is 24.1 Å². The van der Waals surface area contributed by atoms with Crippen molar-refractivity contribution in [2.75, 3.05) is 19.3 Å². The highest BCUT2D eigenvalue weighted by molar-refractivity contribution is 8.00. The zero-order valence-corrected chi connectivity index (χ0v) is 7.69. The molecule has 0 saturated heterocycles. The number of amides is 2. The second-order valence-corrected chi connectivity index (χ2v) is 3.26. The van der Waals surface area contributed by atoms with E-state index in [1.165, 1.54) is 11.8 Å². The van der Waals surface area contributed by atoms with Crippen LogP contribution < -0.4 is 16.4 Å². The highest BCUT2D eigenvalue weighted by Gasteiger charge is 2.02. The van der Waals surface area contributed by atoms with E-state index >= 15 is 0 Å². The van der Waals surface area contributed by atoms with Gasteiger partial charge < -0.3 is 21.2 Å². The Bertz CT molecular complexity index is 154. The van der Waals surface area contributed by atoms with Gasteiger partial charge >= 0.3 is 6.03 Å². The predicted molar refractivity (Wildman–Crippen MR) is 49.0 cm³/mol. The summed E-state index contributed by atoms with van der Waals surface area (Å²) in [5.74, 6) is 0.660. The lowest BCUT2D eigenvalue weighted by atomic mass is 10.7. The molecule has 2 amide bonds. The number of primary amides is 1. The summed E-state index contributed by atoms with van der Waals surface area (Å²) in [6, 6.07) is -0.539. The predicted octanol–water partition coefficient (Wildman–Crippen LogP) is -0.868. The van der Waals surface area contributed by atoms with Crippen molar-refractivity contribution in [2.24, 2.45) is 5.73 Å². The van der Waals surface area contributed by atoms with Crippen LogP contribution in [0, 0.1) is 0 Å². The first-order chi connectivity index (χ1) is 5.70. The third-order valence-corrected chi connectivity index (χ3v) is 2.25. The maximum atomic E-state index is 10.3. The Hall–Kier alpha value is -0.750. The van der Waals surface area contributed by atoms with E-state index in [0.717, 1.165) is 6.29 Å². The summed E-state index contributed by atoms with van der Waals surface area (Å²) in [4.78, 5) is 20.5. The van der Waals surface area contributed by atoms with Gasteiger partial charge in [0.05, 0.1) is 0 Å². The average molecular weight is 191 g/mol. The van der Waals surface area contributed by atoms with Gasteiger partial charge in [-0.25, -0.2) is 4.79 Å². The standard InChI is InChI=1S/C6H13N3O2S/c1-8-5(4-10)12-3-2-9-6(7)11/h4-5,8H,2-3H2,1H3,(H3,7,9,11). The van der Waals surface area contributed by atoms with Gasteiger partial charge in [0.25, 0.3) is 0 Å². The number of thioether (sulfide) groups is 1. The number of rotatable bonds is 6. The molecule has 0 bridgehead atoms. The second kappa shape index (κ2) is 6.93. The normalized spacial score (nSPS) is 12.1. The monoisotopic (exact) mass is 191 g/mol. The van der Waals surface area contributed by atoms with Crippen LogP contribution in [0.15, 0.2) is 0 Å². The van der Waals surface area contributed by atoms with Gasteiger partial charge in [0.15, 0.2) is 0 Å². The number of hydrogen-bond donors (Lipinski definition) is 3. The van der Waals surface area contributed by atoms with Gasteiger partial charge in [-0.2, -0.15) is 0 Å². The largest absolute Gasteiger partial charge is 0.352 e. The van der Waals surface area contributed by atoms with Crippen molar-refractivity contribution in [1.29, 1.82) is 0 Å². The first-order valence-corrected chi connectivity index (χ1v) is 4.53. The number of carbonyl (C=O) groups is 2. The van der Waals surface area contributed by atoms with E-state index in [-0.39, 0.29) is 5.37 Å². The van der Waals surface area contributed by atoms with Crippen LogP contribution in [0.25, 0.3) is 0 Å². The zero-order valence-electron chi connectivity index (χ0n) is 6.87. The fraction of sp³-hybridized carbons (Fsp3) is 0.667. The minimum atomic E-state index is -0.539. The first-order valence-electron chi connectivity index (χ1n) is 3.48. The van der Waals surface area contributed by atoms with Gasteiger partial charge in [-0.1, -0.05) is 0 Å². The van der Waals surface area contributed by atoms with E-state index in [2.05, 4.69) is 10.6 Å².